The van der Waals surface area contributed by atoms with Crippen molar-refractivity contribution in [2.45, 2.75) is 25.0 Å². The summed E-state index contributed by atoms with van der Waals surface area (Å²) in [6.07, 6.45) is -0.144. The predicted molar refractivity (Wildman–Crippen MR) is 44.7 cm³/mol. The summed E-state index contributed by atoms with van der Waals surface area (Å²) < 4.78 is 0. The highest BCUT2D eigenvalue weighted by atomic mass is 16.3. The van der Waals surface area contributed by atoms with Gasteiger partial charge in [0.15, 0.2) is 0 Å². The van der Waals surface area contributed by atoms with Gasteiger partial charge >= 0.3 is 0 Å². The van der Waals surface area contributed by atoms with Crippen LogP contribution in [0.1, 0.15) is 11.1 Å². The first-order valence-corrected chi connectivity index (χ1v) is 4.12. The third-order valence-corrected chi connectivity index (χ3v) is 2.33. The summed E-state index contributed by atoms with van der Waals surface area (Å²) in [6.45, 7) is 0. The number of hydrogen-bond acceptors (Lipinski definition) is 2. The van der Waals surface area contributed by atoms with Crippen molar-refractivity contribution in [3.05, 3.63) is 35.4 Å². The molecule has 0 unspecified atom stereocenters. The lowest BCUT2D eigenvalue weighted by atomic mass is 9.88. The zero-order chi connectivity index (χ0) is 8.55. The van der Waals surface area contributed by atoms with E-state index >= 15 is 0 Å². The molecule has 0 spiro atoms. The van der Waals surface area contributed by atoms with Gasteiger partial charge < -0.3 is 10.2 Å². The zero-order valence-corrected chi connectivity index (χ0v) is 6.70. The molecule has 1 aliphatic carbocycles. The third-order valence-electron chi connectivity index (χ3n) is 2.33. The summed E-state index contributed by atoms with van der Waals surface area (Å²) in [5.74, 6) is 0. The molecule has 2 heteroatoms. The first-order valence-electron chi connectivity index (χ1n) is 4.12. The van der Waals surface area contributed by atoms with Crippen molar-refractivity contribution in [3.63, 3.8) is 0 Å². The highest BCUT2D eigenvalue weighted by Crippen LogP contribution is 2.20. The molecule has 12 heavy (non-hydrogen) atoms. The van der Waals surface area contributed by atoms with Crippen LogP contribution in [0.3, 0.4) is 0 Å². The van der Waals surface area contributed by atoms with E-state index in [0.29, 0.717) is 12.8 Å². The van der Waals surface area contributed by atoms with E-state index in [1.807, 2.05) is 18.2 Å². The Hall–Kier alpha value is -0.860. The SMILES string of the molecule is O[C@H]1Cc2[c]cccc2C[C@@H]1O. The first-order chi connectivity index (χ1) is 5.77. The quantitative estimate of drug-likeness (QED) is 0.577. The molecule has 1 aliphatic rings. The van der Waals surface area contributed by atoms with Gasteiger partial charge in [-0.1, -0.05) is 18.2 Å². The molecule has 2 nitrogen and oxygen atoms in total. The van der Waals surface area contributed by atoms with Gasteiger partial charge in [0.05, 0.1) is 12.2 Å². The Labute approximate surface area is 71.5 Å². The van der Waals surface area contributed by atoms with Crippen LogP contribution in [0.5, 0.6) is 0 Å². The van der Waals surface area contributed by atoms with E-state index in [0.717, 1.165) is 11.1 Å². The Bertz CT molecular complexity index is 254. The molecule has 1 aromatic rings. The fraction of sp³-hybridized carbons (Fsp3) is 0.400. The largest absolute Gasteiger partial charge is 0.390 e. The summed E-state index contributed by atoms with van der Waals surface area (Å²) in [5, 5.41) is 18.7. The molecular formula is C10H11O2. The average Bonchev–Trinajstić information content (AvgIpc) is 2.07. The van der Waals surface area contributed by atoms with E-state index in [1.54, 1.807) is 0 Å². The van der Waals surface area contributed by atoms with Crippen LogP contribution in [0.25, 0.3) is 0 Å². The normalized spacial score (nSPS) is 28.2. The maximum Gasteiger partial charge on any atom is 0.0842 e. The van der Waals surface area contributed by atoms with E-state index in [1.165, 1.54) is 0 Å². The molecule has 0 saturated carbocycles. The lowest BCUT2D eigenvalue weighted by molar-refractivity contribution is 0.0141. The molecule has 1 aromatic carbocycles. The molecule has 2 N–H and O–H groups in total. The van der Waals surface area contributed by atoms with Gasteiger partial charge in [-0.15, -0.1) is 0 Å². The van der Waals surface area contributed by atoms with Crippen LogP contribution in [-0.4, -0.2) is 22.4 Å². The molecule has 63 valence electrons. The molecule has 0 saturated heterocycles. The van der Waals surface area contributed by atoms with Crippen molar-refractivity contribution < 1.29 is 10.2 Å². The molecule has 2 atom stereocenters. The van der Waals surface area contributed by atoms with Crippen LogP contribution in [0.2, 0.25) is 0 Å². The Morgan fingerprint density at radius 2 is 2.00 bits per heavy atom. The standard InChI is InChI=1S/C10H11O2/c11-9-5-7-3-1-2-4-8(7)6-10(9)12/h1-3,9-12H,5-6H2/t9-,10-/m0/s1. The summed E-state index contributed by atoms with van der Waals surface area (Å²) in [4.78, 5) is 0. The molecular weight excluding hydrogens is 152 g/mol. The second-order valence-electron chi connectivity index (χ2n) is 3.22. The third kappa shape index (κ3) is 1.24. The van der Waals surface area contributed by atoms with Crippen molar-refractivity contribution in [1.82, 2.24) is 0 Å². The monoisotopic (exact) mass is 163 g/mol. The molecule has 0 heterocycles. The zero-order valence-electron chi connectivity index (χ0n) is 6.70. The molecule has 2 rings (SSSR count). The van der Waals surface area contributed by atoms with Crippen LogP contribution in [0, 0.1) is 6.07 Å². The Morgan fingerprint density at radius 1 is 1.25 bits per heavy atom. The molecule has 0 fully saturated rings. The van der Waals surface area contributed by atoms with Gasteiger partial charge in [-0.2, -0.15) is 0 Å². The Morgan fingerprint density at radius 3 is 2.83 bits per heavy atom. The highest BCUT2D eigenvalue weighted by Gasteiger charge is 2.24. The molecule has 0 bridgehead atoms. The number of benzene rings is 1. The van der Waals surface area contributed by atoms with Gasteiger partial charge in [-0.25, -0.2) is 0 Å². The van der Waals surface area contributed by atoms with E-state index in [-0.39, 0.29) is 0 Å². The lowest BCUT2D eigenvalue weighted by Crippen LogP contribution is -2.34. The van der Waals surface area contributed by atoms with Crippen LogP contribution in [-0.2, 0) is 12.8 Å². The number of aliphatic hydroxyl groups is 2. The van der Waals surface area contributed by atoms with Crippen LogP contribution in [0.4, 0.5) is 0 Å². The minimum absolute atomic E-state index is 0.525. The smallest absolute Gasteiger partial charge is 0.0842 e. The van der Waals surface area contributed by atoms with E-state index < -0.39 is 12.2 Å². The number of fused-ring (bicyclic) bond motifs is 1. The van der Waals surface area contributed by atoms with Crippen LogP contribution >= 0.6 is 0 Å². The van der Waals surface area contributed by atoms with Crippen molar-refractivity contribution >= 4 is 0 Å². The second-order valence-corrected chi connectivity index (χ2v) is 3.22. The van der Waals surface area contributed by atoms with Crippen LogP contribution in [0.15, 0.2) is 18.2 Å². The van der Waals surface area contributed by atoms with Crippen molar-refractivity contribution in [1.29, 1.82) is 0 Å². The number of aliphatic hydroxyl groups excluding tert-OH is 2. The minimum Gasteiger partial charge on any atom is -0.390 e. The fourth-order valence-electron chi connectivity index (χ4n) is 1.59. The first kappa shape index (κ1) is 7.77. The van der Waals surface area contributed by atoms with Gasteiger partial charge in [0.1, 0.15) is 0 Å². The summed E-state index contributed by atoms with van der Waals surface area (Å²) in [6, 6.07) is 8.78. The maximum absolute atomic E-state index is 9.36. The van der Waals surface area contributed by atoms with E-state index in [9.17, 15) is 10.2 Å². The van der Waals surface area contributed by atoms with E-state index in [4.69, 9.17) is 0 Å². The minimum atomic E-state index is -0.615. The Balaban J connectivity index is 2.34. The summed E-state index contributed by atoms with van der Waals surface area (Å²) >= 11 is 0. The van der Waals surface area contributed by atoms with Gasteiger partial charge in [0.25, 0.3) is 0 Å². The average molecular weight is 163 g/mol. The van der Waals surface area contributed by atoms with Crippen LogP contribution < -0.4 is 0 Å². The number of rotatable bonds is 0. The van der Waals surface area contributed by atoms with Gasteiger partial charge in [-0.05, 0) is 17.2 Å². The molecule has 0 amide bonds. The summed E-state index contributed by atoms with van der Waals surface area (Å²) in [5.41, 5.74) is 2.14. The molecule has 0 aromatic heterocycles. The maximum atomic E-state index is 9.36. The van der Waals surface area contributed by atoms with Crippen molar-refractivity contribution in [2.24, 2.45) is 0 Å². The summed E-state index contributed by atoms with van der Waals surface area (Å²) in [7, 11) is 0. The molecule has 0 aliphatic heterocycles. The second kappa shape index (κ2) is 2.88. The topological polar surface area (TPSA) is 40.5 Å². The number of hydrogen-bond donors (Lipinski definition) is 2. The molecule has 1 radical (unpaired) electrons. The lowest BCUT2D eigenvalue weighted by Gasteiger charge is -2.25. The van der Waals surface area contributed by atoms with Crippen molar-refractivity contribution in [3.8, 4) is 0 Å². The highest BCUT2D eigenvalue weighted by molar-refractivity contribution is 5.30. The Kier molecular flexibility index (Phi) is 1.87. The predicted octanol–water partition coefficient (Wildman–Crippen LogP) is 0.307. The van der Waals surface area contributed by atoms with Gasteiger partial charge in [0.2, 0.25) is 0 Å². The van der Waals surface area contributed by atoms with E-state index in [2.05, 4.69) is 6.07 Å². The van der Waals surface area contributed by atoms with Crippen molar-refractivity contribution in [2.75, 3.05) is 0 Å². The van der Waals surface area contributed by atoms with Gasteiger partial charge in [0, 0.05) is 12.8 Å². The van der Waals surface area contributed by atoms with Gasteiger partial charge in [-0.3, -0.25) is 0 Å². The fourth-order valence-corrected chi connectivity index (χ4v) is 1.59.